The molecule has 2 heteroatoms. The smallest absolute Gasteiger partial charge is 0.0346 e. The van der Waals surface area contributed by atoms with Gasteiger partial charge in [-0.3, -0.25) is 0 Å². The van der Waals surface area contributed by atoms with Crippen LogP contribution in [0.25, 0.3) is 0 Å². The molecule has 0 atom stereocenters. The summed E-state index contributed by atoms with van der Waals surface area (Å²) in [7, 11) is 0. The van der Waals surface area contributed by atoms with Gasteiger partial charge in [-0.1, -0.05) is 35.7 Å². The standard InChI is InChI=1S/C13H20BrN/c1-4-5-6-7-15-12-8-10(2)13(14)11(3)9-12/h8-9,15H,4-7H2,1-3H3. The van der Waals surface area contributed by atoms with Crippen molar-refractivity contribution in [2.75, 3.05) is 11.9 Å². The predicted octanol–water partition coefficient (Wildman–Crippen LogP) is 4.67. The van der Waals surface area contributed by atoms with E-state index in [1.165, 1.54) is 40.5 Å². The number of hydrogen-bond donors (Lipinski definition) is 1. The van der Waals surface area contributed by atoms with Gasteiger partial charge in [0, 0.05) is 16.7 Å². The van der Waals surface area contributed by atoms with Crippen LogP contribution in [0.15, 0.2) is 16.6 Å². The molecule has 84 valence electrons. The van der Waals surface area contributed by atoms with Crippen LogP contribution in [0, 0.1) is 13.8 Å². The van der Waals surface area contributed by atoms with Crippen molar-refractivity contribution in [3.05, 3.63) is 27.7 Å². The van der Waals surface area contributed by atoms with Crippen LogP contribution < -0.4 is 5.32 Å². The summed E-state index contributed by atoms with van der Waals surface area (Å²) in [6.45, 7) is 7.57. The third-order valence-corrected chi connectivity index (χ3v) is 3.80. The molecular weight excluding hydrogens is 250 g/mol. The third kappa shape index (κ3) is 3.86. The number of hydrogen-bond acceptors (Lipinski definition) is 1. The summed E-state index contributed by atoms with van der Waals surface area (Å²) in [5, 5.41) is 3.47. The summed E-state index contributed by atoms with van der Waals surface area (Å²) in [6.07, 6.45) is 3.84. The second-order valence-electron chi connectivity index (χ2n) is 4.06. The lowest BCUT2D eigenvalue weighted by molar-refractivity contribution is 0.743. The largest absolute Gasteiger partial charge is 0.385 e. The number of rotatable bonds is 5. The van der Waals surface area contributed by atoms with E-state index in [0.29, 0.717) is 0 Å². The second kappa shape index (κ2) is 6.16. The van der Waals surface area contributed by atoms with Crippen LogP contribution in [-0.2, 0) is 0 Å². The van der Waals surface area contributed by atoms with E-state index in [2.05, 4.69) is 54.2 Å². The molecule has 0 radical (unpaired) electrons. The van der Waals surface area contributed by atoms with E-state index in [1.54, 1.807) is 0 Å². The Balaban J connectivity index is 2.55. The highest BCUT2D eigenvalue weighted by molar-refractivity contribution is 9.10. The minimum absolute atomic E-state index is 1.08. The number of anilines is 1. The van der Waals surface area contributed by atoms with E-state index < -0.39 is 0 Å². The van der Waals surface area contributed by atoms with Crippen molar-refractivity contribution in [3.63, 3.8) is 0 Å². The first-order chi connectivity index (χ1) is 7.15. The summed E-state index contributed by atoms with van der Waals surface area (Å²) < 4.78 is 1.22. The molecule has 15 heavy (non-hydrogen) atoms. The average molecular weight is 270 g/mol. The van der Waals surface area contributed by atoms with Gasteiger partial charge in [0.1, 0.15) is 0 Å². The highest BCUT2D eigenvalue weighted by atomic mass is 79.9. The van der Waals surface area contributed by atoms with Crippen LogP contribution in [0.2, 0.25) is 0 Å². The zero-order valence-electron chi connectivity index (χ0n) is 9.86. The van der Waals surface area contributed by atoms with Gasteiger partial charge in [-0.25, -0.2) is 0 Å². The summed E-state index contributed by atoms with van der Waals surface area (Å²) in [5.41, 5.74) is 3.84. The van der Waals surface area contributed by atoms with Gasteiger partial charge < -0.3 is 5.32 Å². The second-order valence-corrected chi connectivity index (χ2v) is 4.85. The molecule has 1 N–H and O–H groups in total. The highest BCUT2D eigenvalue weighted by Gasteiger charge is 2.01. The summed E-state index contributed by atoms with van der Waals surface area (Å²) in [6, 6.07) is 4.39. The fourth-order valence-electron chi connectivity index (χ4n) is 1.66. The Morgan fingerprint density at radius 2 is 1.73 bits per heavy atom. The molecule has 0 unspecified atom stereocenters. The maximum Gasteiger partial charge on any atom is 0.0346 e. The van der Waals surface area contributed by atoms with E-state index in [0.717, 1.165) is 6.54 Å². The van der Waals surface area contributed by atoms with Crippen molar-refractivity contribution in [2.45, 2.75) is 40.0 Å². The van der Waals surface area contributed by atoms with Crippen LogP contribution in [-0.4, -0.2) is 6.54 Å². The van der Waals surface area contributed by atoms with Crippen molar-refractivity contribution >= 4 is 21.6 Å². The van der Waals surface area contributed by atoms with Gasteiger partial charge in [-0.05, 0) is 43.5 Å². The fraction of sp³-hybridized carbons (Fsp3) is 0.538. The molecule has 0 aliphatic heterocycles. The Kier molecular flexibility index (Phi) is 5.16. The number of benzene rings is 1. The first-order valence-electron chi connectivity index (χ1n) is 5.65. The third-order valence-electron chi connectivity index (χ3n) is 2.55. The molecule has 0 aliphatic carbocycles. The van der Waals surface area contributed by atoms with Gasteiger partial charge in [0.15, 0.2) is 0 Å². The van der Waals surface area contributed by atoms with Crippen molar-refractivity contribution < 1.29 is 0 Å². The maximum atomic E-state index is 3.58. The molecule has 1 aromatic rings. The lowest BCUT2D eigenvalue weighted by atomic mass is 10.1. The molecule has 1 aromatic carbocycles. The molecule has 1 rings (SSSR count). The van der Waals surface area contributed by atoms with Crippen LogP contribution >= 0.6 is 15.9 Å². The Labute approximate surface area is 101 Å². The first kappa shape index (κ1) is 12.6. The molecule has 0 amide bonds. The molecule has 0 spiro atoms. The molecule has 0 aliphatic rings. The molecule has 0 heterocycles. The molecule has 0 saturated carbocycles. The van der Waals surface area contributed by atoms with Crippen LogP contribution in [0.5, 0.6) is 0 Å². The Hall–Kier alpha value is -0.500. The van der Waals surface area contributed by atoms with E-state index in [9.17, 15) is 0 Å². The lowest BCUT2D eigenvalue weighted by Crippen LogP contribution is -2.02. The van der Waals surface area contributed by atoms with E-state index in [-0.39, 0.29) is 0 Å². The topological polar surface area (TPSA) is 12.0 Å². The molecule has 0 aromatic heterocycles. The average Bonchev–Trinajstić information content (AvgIpc) is 2.21. The van der Waals surface area contributed by atoms with Crippen molar-refractivity contribution in [2.24, 2.45) is 0 Å². The SMILES string of the molecule is CCCCCNc1cc(C)c(Br)c(C)c1. The van der Waals surface area contributed by atoms with Gasteiger partial charge in [-0.15, -0.1) is 0 Å². The molecule has 0 fully saturated rings. The quantitative estimate of drug-likeness (QED) is 0.767. The molecular formula is C13H20BrN. The summed E-state index contributed by atoms with van der Waals surface area (Å²) >= 11 is 3.58. The summed E-state index contributed by atoms with van der Waals surface area (Å²) in [5.74, 6) is 0. The lowest BCUT2D eigenvalue weighted by Gasteiger charge is -2.10. The Morgan fingerprint density at radius 1 is 1.13 bits per heavy atom. The minimum atomic E-state index is 1.08. The van der Waals surface area contributed by atoms with Gasteiger partial charge in [-0.2, -0.15) is 0 Å². The number of aryl methyl sites for hydroxylation is 2. The minimum Gasteiger partial charge on any atom is -0.385 e. The van der Waals surface area contributed by atoms with Crippen LogP contribution in [0.1, 0.15) is 37.3 Å². The summed E-state index contributed by atoms with van der Waals surface area (Å²) in [4.78, 5) is 0. The van der Waals surface area contributed by atoms with E-state index in [1.807, 2.05) is 0 Å². The Morgan fingerprint density at radius 3 is 2.27 bits per heavy atom. The van der Waals surface area contributed by atoms with Gasteiger partial charge in [0.05, 0.1) is 0 Å². The van der Waals surface area contributed by atoms with E-state index >= 15 is 0 Å². The number of halogens is 1. The predicted molar refractivity (Wildman–Crippen MR) is 71.6 cm³/mol. The number of unbranched alkanes of at least 4 members (excludes halogenated alkanes) is 2. The first-order valence-corrected chi connectivity index (χ1v) is 6.45. The zero-order chi connectivity index (χ0) is 11.3. The molecule has 1 nitrogen and oxygen atoms in total. The van der Waals surface area contributed by atoms with Gasteiger partial charge in [0.2, 0.25) is 0 Å². The maximum absolute atomic E-state index is 3.58. The van der Waals surface area contributed by atoms with Crippen molar-refractivity contribution in [3.8, 4) is 0 Å². The Bertz CT molecular complexity index is 297. The van der Waals surface area contributed by atoms with Crippen LogP contribution in [0.3, 0.4) is 0 Å². The zero-order valence-corrected chi connectivity index (χ0v) is 11.4. The molecule has 0 bridgehead atoms. The van der Waals surface area contributed by atoms with Crippen molar-refractivity contribution in [1.82, 2.24) is 0 Å². The van der Waals surface area contributed by atoms with Crippen LogP contribution in [0.4, 0.5) is 5.69 Å². The normalized spacial score (nSPS) is 10.4. The van der Waals surface area contributed by atoms with Crippen molar-refractivity contribution in [1.29, 1.82) is 0 Å². The highest BCUT2D eigenvalue weighted by Crippen LogP contribution is 2.24. The number of nitrogens with one attached hydrogen (secondary N) is 1. The van der Waals surface area contributed by atoms with E-state index in [4.69, 9.17) is 0 Å². The fourth-order valence-corrected chi connectivity index (χ4v) is 1.88. The van der Waals surface area contributed by atoms with Gasteiger partial charge in [0.25, 0.3) is 0 Å². The molecule has 0 saturated heterocycles. The van der Waals surface area contributed by atoms with Gasteiger partial charge >= 0.3 is 0 Å². The monoisotopic (exact) mass is 269 g/mol.